The van der Waals surface area contributed by atoms with Crippen LogP contribution in [0.5, 0.6) is 5.88 Å². The maximum Gasteiger partial charge on any atom is 0.270 e. The Hall–Kier alpha value is -2.13. The number of nitrogens with two attached hydrogens (primary N) is 1. The monoisotopic (exact) mass is 427 g/mol. The van der Waals surface area contributed by atoms with Gasteiger partial charge in [-0.25, -0.2) is 13.4 Å². The topological polar surface area (TPSA) is 111 Å². The normalized spacial score (nSPS) is 11.2. The molecule has 0 radical (unpaired) electrons. The van der Waals surface area contributed by atoms with Crippen LogP contribution in [0, 0.1) is 0 Å². The van der Waals surface area contributed by atoms with Crippen LogP contribution in [0.3, 0.4) is 0 Å². The molecular weight excluding hydrogens is 410 g/mol. The lowest BCUT2D eigenvalue weighted by atomic mass is 10.2. The van der Waals surface area contributed by atoms with Crippen molar-refractivity contribution >= 4 is 37.4 Å². The number of nitrogen functional groups attached to an aromatic ring is 1. The van der Waals surface area contributed by atoms with Gasteiger partial charge >= 0.3 is 0 Å². The van der Waals surface area contributed by atoms with Crippen molar-refractivity contribution in [2.45, 2.75) is 18.4 Å². The third-order valence-electron chi connectivity index (χ3n) is 3.27. The average molecular weight is 428 g/mol. The number of halogens is 1. The summed E-state index contributed by atoms with van der Waals surface area (Å²) in [5.41, 5.74) is 7.09. The summed E-state index contributed by atoms with van der Waals surface area (Å²) in [6, 6.07) is 7.74. The average Bonchev–Trinajstić information content (AvgIpc) is 2.56. The number of carbonyl (C=O) groups is 1. The zero-order valence-corrected chi connectivity index (χ0v) is 16.1. The maximum atomic E-state index is 12.3. The van der Waals surface area contributed by atoms with E-state index >= 15 is 0 Å². The Bertz CT molecular complexity index is 883. The first-order valence-electron chi connectivity index (χ1n) is 7.38. The smallest absolute Gasteiger partial charge is 0.270 e. The molecule has 0 spiro atoms. The van der Waals surface area contributed by atoms with Crippen molar-refractivity contribution in [3.8, 4) is 5.88 Å². The highest BCUT2D eigenvalue weighted by Crippen LogP contribution is 2.29. The maximum absolute atomic E-state index is 12.3. The van der Waals surface area contributed by atoms with E-state index in [4.69, 9.17) is 10.5 Å². The minimum atomic E-state index is -3.24. The highest BCUT2D eigenvalue weighted by Gasteiger charge is 2.15. The fourth-order valence-electron chi connectivity index (χ4n) is 2.00. The van der Waals surface area contributed by atoms with Gasteiger partial charge in [-0.2, -0.15) is 0 Å². The Labute approximate surface area is 154 Å². The minimum absolute atomic E-state index is 0.136. The largest absolute Gasteiger partial charge is 0.477 e. The van der Waals surface area contributed by atoms with Gasteiger partial charge in [0.25, 0.3) is 5.91 Å². The number of sulfone groups is 1. The second kappa shape index (κ2) is 7.83. The Kier molecular flexibility index (Phi) is 6.02. The van der Waals surface area contributed by atoms with Crippen LogP contribution in [0.1, 0.15) is 23.0 Å². The molecule has 0 saturated carbocycles. The van der Waals surface area contributed by atoms with E-state index in [1.54, 1.807) is 19.1 Å². The van der Waals surface area contributed by atoms with Crippen molar-refractivity contribution in [3.05, 3.63) is 46.1 Å². The van der Waals surface area contributed by atoms with E-state index in [0.717, 1.165) is 11.8 Å². The Balaban J connectivity index is 2.10. The number of benzene rings is 1. The van der Waals surface area contributed by atoms with E-state index in [1.165, 1.54) is 18.2 Å². The first kappa shape index (κ1) is 19.2. The van der Waals surface area contributed by atoms with Crippen molar-refractivity contribution in [1.29, 1.82) is 0 Å². The molecule has 0 bridgehead atoms. The van der Waals surface area contributed by atoms with Gasteiger partial charge in [0.15, 0.2) is 9.84 Å². The molecule has 0 aliphatic carbocycles. The van der Waals surface area contributed by atoms with Crippen molar-refractivity contribution in [1.82, 2.24) is 10.3 Å². The number of nitrogens with zero attached hydrogens (tertiary/aromatic N) is 1. The molecule has 3 N–H and O–H groups in total. The first-order chi connectivity index (χ1) is 11.7. The van der Waals surface area contributed by atoms with E-state index in [9.17, 15) is 13.2 Å². The van der Waals surface area contributed by atoms with Gasteiger partial charge in [-0.3, -0.25) is 4.79 Å². The molecule has 0 unspecified atom stereocenters. The summed E-state index contributed by atoms with van der Waals surface area (Å²) in [5.74, 6) is -0.155. The highest BCUT2D eigenvalue weighted by molar-refractivity contribution is 9.10. The zero-order chi connectivity index (χ0) is 18.6. The summed E-state index contributed by atoms with van der Waals surface area (Å²) in [6.45, 7) is 2.42. The molecule has 0 fully saturated rings. The number of aromatic nitrogens is 1. The number of amides is 1. The Morgan fingerprint density at radius 1 is 1.32 bits per heavy atom. The molecule has 0 aliphatic heterocycles. The van der Waals surface area contributed by atoms with E-state index in [1.807, 2.05) is 0 Å². The van der Waals surface area contributed by atoms with Crippen LogP contribution in [-0.2, 0) is 16.4 Å². The van der Waals surface area contributed by atoms with Gasteiger partial charge in [0, 0.05) is 12.8 Å². The fourth-order valence-corrected chi connectivity index (χ4v) is 2.95. The molecule has 2 aromatic rings. The van der Waals surface area contributed by atoms with Gasteiger partial charge in [-0.1, -0.05) is 12.1 Å². The number of carbonyl (C=O) groups excluding carboxylic acids is 1. The van der Waals surface area contributed by atoms with Crippen LogP contribution in [0.2, 0.25) is 0 Å². The SMILES string of the molecule is CCOc1nc(C(=O)NCc2ccc(S(C)(=O)=O)cc2)cc(N)c1Br. The van der Waals surface area contributed by atoms with Gasteiger partial charge < -0.3 is 15.8 Å². The number of hydrogen-bond donors (Lipinski definition) is 2. The predicted molar refractivity (Wildman–Crippen MR) is 98.2 cm³/mol. The third-order valence-corrected chi connectivity index (χ3v) is 5.20. The number of ether oxygens (including phenoxy) is 1. The molecule has 1 aromatic heterocycles. The van der Waals surface area contributed by atoms with Gasteiger partial charge in [-0.15, -0.1) is 0 Å². The molecule has 1 aromatic carbocycles. The predicted octanol–water partition coefficient (Wildman–Crippen LogP) is 2.16. The van der Waals surface area contributed by atoms with Gasteiger partial charge in [0.05, 0.1) is 17.2 Å². The van der Waals surface area contributed by atoms with Crippen LogP contribution >= 0.6 is 15.9 Å². The molecule has 7 nitrogen and oxygen atoms in total. The standard InChI is InChI=1S/C16H18BrN3O4S/c1-3-24-16-14(17)12(18)8-13(20-16)15(21)19-9-10-4-6-11(7-5-10)25(2,22)23/h4-8H,3,9H2,1-2H3,(H2,18,20)(H,19,21). The lowest BCUT2D eigenvalue weighted by Gasteiger charge is -2.10. The highest BCUT2D eigenvalue weighted by atomic mass is 79.9. The molecule has 0 aliphatic rings. The van der Waals surface area contributed by atoms with Crippen LogP contribution in [0.25, 0.3) is 0 Å². The molecular formula is C16H18BrN3O4S. The number of nitrogens with one attached hydrogen (secondary N) is 1. The molecule has 134 valence electrons. The molecule has 25 heavy (non-hydrogen) atoms. The number of rotatable bonds is 6. The second-order valence-electron chi connectivity index (χ2n) is 5.25. The minimum Gasteiger partial charge on any atom is -0.477 e. The number of pyridine rings is 1. The van der Waals surface area contributed by atoms with Crippen LogP contribution < -0.4 is 15.8 Å². The van der Waals surface area contributed by atoms with Crippen LogP contribution in [0.4, 0.5) is 5.69 Å². The number of anilines is 1. The summed E-state index contributed by atoms with van der Waals surface area (Å²) < 4.78 is 28.7. The Morgan fingerprint density at radius 3 is 2.52 bits per heavy atom. The van der Waals surface area contributed by atoms with Crippen molar-refractivity contribution < 1.29 is 17.9 Å². The summed E-state index contributed by atoms with van der Waals surface area (Å²) in [5, 5.41) is 2.71. The molecule has 9 heteroatoms. The van der Waals surface area contributed by atoms with Gasteiger partial charge in [0.2, 0.25) is 5.88 Å². The van der Waals surface area contributed by atoms with E-state index in [-0.39, 0.29) is 23.0 Å². The summed E-state index contributed by atoms with van der Waals surface area (Å²) in [4.78, 5) is 16.6. The van der Waals surface area contributed by atoms with Crippen molar-refractivity contribution in [2.75, 3.05) is 18.6 Å². The summed E-state index contributed by atoms with van der Waals surface area (Å²) >= 11 is 3.27. The molecule has 1 amide bonds. The number of hydrogen-bond acceptors (Lipinski definition) is 6. The fraction of sp³-hybridized carbons (Fsp3) is 0.250. The Morgan fingerprint density at radius 2 is 1.96 bits per heavy atom. The molecule has 2 rings (SSSR count). The van der Waals surface area contributed by atoms with Crippen molar-refractivity contribution in [2.24, 2.45) is 0 Å². The summed E-state index contributed by atoms with van der Waals surface area (Å²) in [6.07, 6.45) is 1.14. The second-order valence-corrected chi connectivity index (χ2v) is 8.06. The lowest BCUT2D eigenvalue weighted by molar-refractivity contribution is 0.0944. The van der Waals surface area contributed by atoms with Crippen LogP contribution in [0.15, 0.2) is 39.7 Å². The quantitative estimate of drug-likeness (QED) is 0.730. The zero-order valence-electron chi connectivity index (χ0n) is 13.7. The molecule has 1 heterocycles. The van der Waals surface area contributed by atoms with E-state index < -0.39 is 15.7 Å². The van der Waals surface area contributed by atoms with E-state index in [0.29, 0.717) is 16.8 Å². The first-order valence-corrected chi connectivity index (χ1v) is 10.1. The van der Waals surface area contributed by atoms with Gasteiger partial charge in [0.1, 0.15) is 10.2 Å². The third kappa shape index (κ3) is 4.93. The lowest BCUT2D eigenvalue weighted by Crippen LogP contribution is -2.24. The summed E-state index contributed by atoms with van der Waals surface area (Å²) in [7, 11) is -3.24. The molecule has 0 saturated heterocycles. The molecule has 0 atom stereocenters. The van der Waals surface area contributed by atoms with Crippen molar-refractivity contribution in [3.63, 3.8) is 0 Å². The van der Waals surface area contributed by atoms with Gasteiger partial charge in [-0.05, 0) is 46.6 Å². The van der Waals surface area contributed by atoms with E-state index in [2.05, 4.69) is 26.2 Å². The van der Waals surface area contributed by atoms with Crippen LogP contribution in [-0.4, -0.2) is 32.2 Å².